The molecule has 0 amide bonds. The lowest BCUT2D eigenvalue weighted by Crippen LogP contribution is -2.04. The topological polar surface area (TPSA) is 42.1 Å². The molecular formula is C12H11BrClNO2. The summed E-state index contributed by atoms with van der Waals surface area (Å²) in [5, 5.41) is 0.883. The number of fused-ring (bicyclic) bond motifs is 1. The molecule has 1 N–H and O–H groups in total. The number of aromatic nitrogens is 1. The van der Waals surface area contributed by atoms with Crippen LogP contribution in [0.3, 0.4) is 0 Å². The highest BCUT2D eigenvalue weighted by molar-refractivity contribution is 9.10. The molecule has 0 aliphatic rings. The second kappa shape index (κ2) is 5.56. The number of alkyl halides is 1. The molecule has 0 saturated heterocycles. The molecule has 0 spiro atoms. The van der Waals surface area contributed by atoms with E-state index in [0.29, 0.717) is 12.5 Å². The lowest BCUT2D eigenvalue weighted by molar-refractivity contribution is 0.320. The van der Waals surface area contributed by atoms with Crippen LogP contribution in [0.4, 0.5) is 0 Å². The Balaban J connectivity index is 2.44. The Kier molecular flexibility index (Phi) is 4.07. The lowest BCUT2D eigenvalue weighted by atomic mass is 10.2. The van der Waals surface area contributed by atoms with Crippen LogP contribution in [0.1, 0.15) is 6.42 Å². The molecule has 0 saturated carbocycles. The van der Waals surface area contributed by atoms with Crippen LogP contribution in [-0.4, -0.2) is 17.5 Å². The minimum absolute atomic E-state index is 0.119. The number of pyridine rings is 1. The minimum Gasteiger partial charge on any atom is -0.492 e. The van der Waals surface area contributed by atoms with Crippen molar-refractivity contribution in [2.45, 2.75) is 6.42 Å². The first-order chi connectivity index (χ1) is 8.22. The SMILES string of the molecule is O=c1ccc2c(OCCCCl)c(Br)ccc2[nH]1. The molecule has 0 aliphatic heterocycles. The number of rotatable bonds is 4. The Hall–Kier alpha value is -1.00. The standard InChI is InChI=1S/C12H11BrClNO2/c13-9-3-4-10-8(2-5-11(16)15-10)12(9)17-7-1-6-14/h2-5H,1,6-7H2,(H,15,16). The van der Waals surface area contributed by atoms with Crippen molar-refractivity contribution < 1.29 is 4.74 Å². The zero-order valence-electron chi connectivity index (χ0n) is 9.00. The molecule has 17 heavy (non-hydrogen) atoms. The van der Waals surface area contributed by atoms with Crippen LogP contribution in [0.2, 0.25) is 0 Å². The highest BCUT2D eigenvalue weighted by atomic mass is 79.9. The van der Waals surface area contributed by atoms with E-state index in [1.807, 2.05) is 12.1 Å². The predicted molar refractivity (Wildman–Crippen MR) is 73.1 cm³/mol. The lowest BCUT2D eigenvalue weighted by Gasteiger charge is -2.10. The molecule has 0 atom stereocenters. The van der Waals surface area contributed by atoms with Gasteiger partial charge in [0.1, 0.15) is 5.75 Å². The molecule has 0 fully saturated rings. The molecule has 2 aromatic rings. The van der Waals surface area contributed by atoms with E-state index < -0.39 is 0 Å². The van der Waals surface area contributed by atoms with Crippen molar-refractivity contribution >= 4 is 38.4 Å². The van der Waals surface area contributed by atoms with Crippen LogP contribution in [-0.2, 0) is 0 Å². The molecule has 1 aromatic heterocycles. The van der Waals surface area contributed by atoms with E-state index in [0.717, 1.165) is 27.5 Å². The monoisotopic (exact) mass is 315 g/mol. The first-order valence-corrected chi connectivity index (χ1v) is 6.55. The summed E-state index contributed by atoms with van der Waals surface area (Å²) in [7, 11) is 0. The molecule has 0 radical (unpaired) electrons. The van der Waals surface area contributed by atoms with Gasteiger partial charge >= 0.3 is 0 Å². The van der Waals surface area contributed by atoms with Gasteiger partial charge in [0.2, 0.25) is 5.56 Å². The number of aromatic amines is 1. The number of halogens is 2. The molecular weight excluding hydrogens is 305 g/mol. The highest BCUT2D eigenvalue weighted by Crippen LogP contribution is 2.32. The number of ether oxygens (including phenoxy) is 1. The maximum Gasteiger partial charge on any atom is 0.248 e. The molecule has 0 aliphatic carbocycles. The van der Waals surface area contributed by atoms with Gasteiger partial charge in [-0.2, -0.15) is 0 Å². The number of nitrogens with one attached hydrogen (secondary N) is 1. The largest absolute Gasteiger partial charge is 0.492 e. The van der Waals surface area contributed by atoms with Gasteiger partial charge in [0.15, 0.2) is 0 Å². The maximum absolute atomic E-state index is 11.2. The van der Waals surface area contributed by atoms with Gasteiger partial charge in [0.05, 0.1) is 16.6 Å². The summed E-state index contributed by atoms with van der Waals surface area (Å²) in [6.07, 6.45) is 0.785. The Bertz CT molecular complexity index is 582. The smallest absolute Gasteiger partial charge is 0.248 e. The predicted octanol–water partition coefficient (Wildman–Crippen LogP) is 3.30. The Morgan fingerprint density at radius 1 is 1.29 bits per heavy atom. The van der Waals surface area contributed by atoms with E-state index in [2.05, 4.69) is 20.9 Å². The number of benzene rings is 1. The molecule has 3 nitrogen and oxygen atoms in total. The van der Waals surface area contributed by atoms with Crippen LogP contribution >= 0.6 is 27.5 Å². The second-order valence-corrected chi connectivity index (χ2v) is 4.78. The average molecular weight is 317 g/mol. The van der Waals surface area contributed by atoms with Gasteiger partial charge in [-0.05, 0) is 40.5 Å². The summed E-state index contributed by atoms with van der Waals surface area (Å²) in [5.74, 6) is 1.31. The van der Waals surface area contributed by atoms with Crippen molar-refractivity contribution in [2.24, 2.45) is 0 Å². The van der Waals surface area contributed by atoms with Crippen LogP contribution in [0.5, 0.6) is 5.75 Å². The molecule has 5 heteroatoms. The third-order valence-corrected chi connectivity index (χ3v) is 3.22. The summed E-state index contributed by atoms with van der Waals surface area (Å²) in [5.41, 5.74) is 0.646. The first kappa shape index (κ1) is 12.5. The van der Waals surface area contributed by atoms with Crippen molar-refractivity contribution in [1.29, 1.82) is 0 Å². The van der Waals surface area contributed by atoms with Gasteiger partial charge in [-0.3, -0.25) is 4.79 Å². The summed E-state index contributed by atoms with van der Waals surface area (Å²) in [4.78, 5) is 14.0. The minimum atomic E-state index is -0.119. The van der Waals surface area contributed by atoms with Crippen LogP contribution < -0.4 is 10.3 Å². The van der Waals surface area contributed by atoms with Crippen molar-refractivity contribution in [2.75, 3.05) is 12.5 Å². The fourth-order valence-electron chi connectivity index (χ4n) is 1.56. The van der Waals surface area contributed by atoms with Crippen molar-refractivity contribution in [3.8, 4) is 5.75 Å². The Labute approximate surface area is 112 Å². The maximum atomic E-state index is 11.2. The van der Waals surface area contributed by atoms with E-state index in [-0.39, 0.29) is 5.56 Å². The second-order valence-electron chi connectivity index (χ2n) is 3.55. The van der Waals surface area contributed by atoms with E-state index in [4.69, 9.17) is 16.3 Å². The molecule has 0 bridgehead atoms. The summed E-state index contributed by atoms with van der Waals surface area (Å²) < 4.78 is 6.54. The summed E-state index contributed by atoms with van der Waals surface area (Å²) >= 11 is 9.05. The van der Waals surface area contributed by atoms with Gasteiger partial charge in [0, 0.05) is 17.3 Å². The zero-order chi connectivity index (χ0) is 12.3. The number of hydrogen-bond donors (Lipinski definition) is 1. The Morgan fingerprint density at radius 3 is 2.88 bits per heavy atom. The molecule has 90 valence electrons. The number of hydrogen-bond acceptors (Lipinski definition) is 2. The van der Waals surface area contributed by atoms with Gasteiger partial charge in [-0.15, -0.1) is 11.6 Å². The van der Waals surface area contributed by atoms with E-state index in [9.17, 15) is 4.79 Å². The fraction of sp³-hybridized carbons (Fsp3) is 0.250. The van der Waals surface area contributed by atoms with Crippen LogP contribution in [0, 0.1) is 0 Å². The van der Waals surface area contributed by atoms with E-state index >= 15 is 0 Å². The van der Waals surface area contributed by atoms with Crippen molar-refractivity contribution in [3.63, 3.8) is 0 Å². The Morgan fingerprint density at radius 2 is 2.12 bits per heavy atom. The van der Waals surface area contributed by atoms with Crippen LogP contribution in [0.25, 0.3) is 10.9 Å². The average Bonchev–Trinajstić information content (AvgIpc) is 2.32. The molecule has 2 rings (SSSR count). The molecule has 0 unspecified atom stereocenters. The summed E-state index contributed by atoms with van der Waals surface area (Å²) in [6.45, 7) is 0.556. The molecule has 1 heterocycles. The normalized spacial score (nSPS) is 10.7. The van der Waals surface area contributed by atoms with Crippen molar-refractivity contribution in [1.82, 2.24) is 4.98 Å². The third-order valence-electron chi connectivity index (χ3n) is 2.33. The summed E-state index contributed by atoms with van der Waals surface area (Å²) in [6, 6.07) is 6.95. The zero-order valence-corrected chi connectivity index (χ0v) is 11.3. The van der Waals surface area contributed by atoms with Crippen LogP contribution in [0.15, 0.2) is 33.5 Å². The highest BCUT2D eigenvalue weighted by Gasteiger charge is 2.07. The first-order valence-electron chi connectivity index (χ1n) is 5.22. The van der Waals surface area contributed by atoms with E-state index in [1.54, 1.807) is 6.07 Å². The van der Waals surface area contributed by atoms with Gasteiger partial charge < -0.3 is 9.72 Å². The quantitative estimate of drug-likeness (QED) is 0.694. The fourth-order valence-corrected chi connectivity index (χ4v) is 2.13. The van der Waals surface area contributed by atoms with Crippen molar-refractivity contribution in [3.05, 3.63) is 39.1 Å². The third kappa shape index (κ3) is 2.82. The van der Waals surface area contributed by atoms with Gasteiger partial charge in [0.25, 0.3) is 0 Å². The van der Waals surface area contributed by atoms with Gasteiger partial charge in [-0.25, -0.2) is 0 Å². The number of H-pyrrole nitrogens is 1. The molecule has 1 aromatic carbocycles. The van der Waals surface area contributed by atoms with E-state index in [1.165, 1.54) is 6.07 Å². The van der Waals surface area contributed by atoms with Gasteiger partial charge in [-0.1, -0.05) is 0 Å².